The van der Waals surface area contributed by atoms with E-state index in [1.165, 1.54) is 0 Å². The van der Waals surface area contributed by atoms with Crippen LogP contribution in [0, 0.1) is 0 Å². The van der Waals surface area contributed by atoms with Crippen LogP contribution in [0.5, 0.6) is 5.75 Å². The van der Waals surface area contributed by atoms with Gasteiger partial charge in [0.1, 0.15) is 23.9 Å². The number of nitrogens with zero attached hydrogens (tertiary/aromatic N) is 1. The fourth-order valence-corrected chi connectivity index (χ4v) is 1.12. The van der Waals surface area contributed by atoms with Crippen LogP contribution in [0.4, 0.5) is 5.69 Å². The fourth-order valence-electron chi connectivity index (χ4n) is 1.06. The second kappa shape index (κ2) is 6.18. The highest BCUT2D eigenvalue weighted by Gasteiger charge is 2.02. The first-order chi connectivity index (χ1) is 7.63. The second-order valence-corrected chi connectivity index (χ2v) is 3.72. The Morgan fingerprint density at radius 1 is 1.50 bits per heavy atom. The van der Waals surface area contributed by atoms with E-state index in [4.69, 9.17) is 22.1 Å². The normalized spacial score (nSPS) is 11.2. The van der Waals surface area contributed by atoms with Crippen molar-refractivity contribution in [2.75, 3.05) is 12.5 Å². The average molecular weight is 239 g/mol. The number of aliphatic imine (C=N–C) groups is 1. The van der Waals surface area contributed by atoms with Crippen LogP contribution >= 0.6 is 11.6 Å². The predicted octanol–water partition coefficient (Wildman–Crippen LogP) is 2.87. The number of amidine groups is 1. The number of hydrogen-bond donors (Lipinski definition) is 1. The molecule has 0 bridgehead atoms. The molecule has 1 rings (SSSR count). The zero-order valence-electron chi connectivity index (χ0n) is 9.24. The van der Waals surface area contributed by atoms with E-state index in [-0.39, 0.29) is 5.88 Å². The maximum atomic E-state index is 5.57. The topological polar surface area (TPSA) is 47.6 Å². The van der Waals surface area contributed by atoms with Gasteiger partial charge in [0, 0.05) is 0 Å². The summed E-state index contributed by atoms with van der Waals surface area (Å²) in [5, 5.41) is 0. The van der Waals surface area contributed by atoms with Gasteiger partial charge in [-0.05, 0) is 24.6 Å². The van der Waals surface area contributed by atoms with E-state index in [1.807, 2.05) is 31.2 Å². The van der Waals surface area contributed by atoms with Crippen molar-refractivity contribution >= 4 is 23.1 Å². The van der Waals surface area contributed by atoms with Crippen LogP contribution in [-0.4, -0.2) is 18.3 Å². The zero-order valence-corrected chi connectivity index (χ0v) is 10.00. The van der Waals surface area contributed by atoms with Crippen LogP contribution in [-0.2, 0) is 0 Å². The van der Waals surface area contributed by atoms with Crippen molar-refractivity contribution in [2.45, 2.75) is 6.92 Å². The fraction of sp³-hybridized carbons (Fsp3) is 0.250. The first-order valence-electron chi connectivity index (χ1n) is 4.88. The van der Waals surface area contributed by atoms with Crippen LogP contribution in [0.15, 0.2) is 41.4 Å². The quantitative estimate of drug-likeness (QED) is 0.371. The van der Waals surface area contributed by atoms with Crippen molar-refractivity contribution in [1.29, 1.82) is 0 Å². The summed E-state index contributed by atoms with van der Waals surface area (Å²) in [6.07, 6.45) is 0. The van der Waals surface area contributed by atoms with Crippen molar-refractivity contribution in [3.05, 3.63) is 36.4 Å². The Balaban J connectivity index is 2.87. The van der Waals surface area contributed by atoms with E-state index in [9.17, 15) is 0 Å². The number of halogens is 1. The largest absolute Gasteiger partial charge is 0.487 e. The van der Waals surface area contributed by atoms with Gasteiger partial charge in [-0.15, -0.1) is 11.6 Å². The van der Waals surface area contributed by atoms with Gasteiger partial charge in [-0.25, -0.2) is 4.99 Å². The summed E-state index contributed by atoms with van der Waals surface area (Å²) in [7, 11) is 0. The molecule has 0 aromatic heterocycles. The van der Waals surface area contributed by atoms with Gasteiger partial charge in [-0.3, -0.25) is 0 Å². The molecule has 0 fully saturated rings. The monoisotopic (exact) mass is 238 g/mol. The van der Waals surface area contributed by atoms with Gasteiger partial charge in [0.2, 0.25) is 0 Å². The van der Waals surface area contributed by atoms with Crippen molar-refractivity contribution < 1.29 is 4.74 Å². The van der Waals surface area contributed by atoms with Gasteiger partial charge in [-0.1, -0.05) is 18.7 Å². The van der Waals surface area contributed by atoms with Gasteiger partial charge in [0.25, 0.3) is 0 Å². The Kier molecular flexibility index (Phi) is 4.86. The maximum Gasteiger partial charge on any atom is 0.145 e. The van der Waals surface area contributed by atoms with Crippen molar-refractivity contribution in [3.8, 4) is 5.75 Å². The van der Waals surface area contributed by atoms with Crippen LogP contribution in [0.1, 0.15) is 6.92 Å². The predicted molar refractivity (Wildman–Crippen MR) is 68.8 cm³/mol. The molecule has 86 valence electrons. The molecule has 2 N–H and O–H groups in total. The van der Waals surface area contributed by atoms with E-state index >= 15 is 0 Å². The molecule has 0 saturated carbocycles. The van der Waals surface area contributed by atoms with Gasteiger partial charge < -0.3 is 10.5 Å². The minimum absolute atomic E-state index is 0.203. The molecule has 0 amide bonds. The number of rotatable bonds is 5. The van der Waals surface area contributed by atoms with Crippen LogP contribution in [0.3, 0.4) is 0 Å². The molecule has 1 aromatic rings. The third kappa shape index (κ3) is 3.95. The summed E-state index contributed by atoms with van der Waals surface area (Å²) in [6.45, 7) is 6.14. The van der Waals surface area contributed by atoms with E-state index in [0.717, 1.165) is 5.57 Å². The smallest absolute Gasteiger partial charge is 0.145 e. The molecule has 0 aliphatic rings. The SMILES string of the molecule is C=C(C)COc1ccccc1N=C(N)CCl. The second-order valence-electron chi connectivity index (χ2n) is 3.45. The lowest BCUT2D eigenvalue weighted by atomic mass is 10.3. The Bertz CT molecular complexity index is 402. The molecule has 0 unspecified atom stereocenters. The molecule has 1 aromatic carbocycles. The van der Waals surface area contributed by atoms with E-state index in [1.54, 1.807) is 0 Å². The molecule has 0 saturated heterocycles. The minimum Gasteiger partial charge on any atom is -0.487 e. The molecule has 0 radical (unpaired) electrons. The van der Waals surface area contributed by atoms with Gasteiger partial charge in [0.05, 0.1) is 5.88 Å². The number of para-hydroxylation sites is 2. The van der Waals surface area contributed by atoms with Crippen molar-refractivity contribution in [2.24, 2.45) is 10.7 Å². The first-order valence-corrected chi connectivity index (χ1v) is 5.42. The summed E-state index contributed by atoms with van der Waals surface area (Å²) in [4.78, 5) is 4.16. The number of benzene rings is 1. The average Bonchev–Trinajstić information content (AvgIpc) is 2.27. The lowest BCUT2D eigenvalue weighted by molar-refractivity contribution is 0.354. The maximum absolute atomic E-state index is 5.57. The summed E-state index contributed by atoms with van der Waals surface area (Å²) < 4.78 is 5.54. The third-order valence-electron chi connectivity index (χ3n) is 1.74. The number of alkyl halides is 1. The molecule has 0 heterocycles. The zero-order chi connectivity index (χ0) is 12.0. The van der Waals surface area contributed by atoms with Crippen molar-refractivity contribution in [3.63, 3.8) is 0 Å². The van der Waals surface area contributed by atoms with Gasteiger partial charge in [-0.2, -0.15) is 0 Å². The minimum atomic E-state index is 0.203. The Labute approximate surface area is 101 Å². The van der Waals surface area contributed by atoms with Crippen LogP contribution in [0.2, 0.25) is 0 Å². The third-order valence-corrected chi connectivity index (χ3v) is 2.01. The van der Waals surface area contributed by atoms with Gasteiger partial charge in [0.15, 0.2) is 0 Å². The van der Waals surface area contributed by atoms with Crippen LogP contribution < -0.4 is 10.5 Å². The molecule has 0 aliphatic heterocycles. The highest BCUT2D eigenvalue weighted by molar-refractivity contribution is 6.28. The Morgan fingerprint density at radius 3 is 2.81 bits per heavy atom. The van der Waals surface area contributed by atoms with Crippen LogP contribution in [0.25, 0.3) is 0 Å². The molecule has 3 nitrogen and oxygen atoms in total. The summed E-state index contributed by atoms with van der Waals surface area (Å²) in [5.74, 6) is 1.25. The number of hydrogen-bond acceptors (Lipinski definition) is 2. The standard InChI is InChI=1S/C12H15ClN2O/c1-9(2)8-16-11-6-4-3-5-10(11)15-12(14)7-13/h3-6H,1,7-8H2,2H3,(H2,14,15). The lowest BCUT2D eigenvalue weighted by Gasteiger charge is -2.08. The number of nitrogens with two attached hydrogens (primary N) is 1. The lowest BCUT2D eigenvalue weighted by Crippen LogP contribution is -2.12. The Hall–Kier alpha value is -1.48. The molecule has 0 atom stereocenters. The Morgan fingerprint density at radius 2 is 2.19 bits per heavy atom. The first kappa shape index (κ1) is 12.6. The van der Waals surface area contributed by atoms with E-state index in [0.29, 0.717) is 23.9 Å². The highest BCUT2D eigenvalue weighted by atomic mass is 35.5. The number of ether oxygens (including phenoxy) is 1. The molecule has 0 spiro atoms. The van der Waals surface area contributed by atoms with Crippen molar-refractivity contribution in [1.82, 2.24) is 0 Å². The molecule has 16 heavy (non-hydrogen) atoms. The summed E-state index contributed by atoms with van der Waals surface area (Å²) in [6, 6.07) is 7.41. The van der Waals surface area contributed by atoms with E-state index in [2.05, 4.69) is 11.6 Å². The molecule has 4 heteroatoms. The summed E-state index contributed by atoms with van der Waals surface area (Å²) in [5.41, 5.74) is 7.21. The summed E-state index contributed by atoms with van der Waals surface area (Å²) >= 11 is 5.57. The van der Waals surface area contributed by atoms with Gasteiger partial charge >= 0.3 is 0 Å². The highest BCUT2D eigenvalue weighted by Crippen LogP contribution is 2.27. The molecular weight excluding hydrogens is 224 g/mol. The van der Waals surface area contributed by atoms with E-state index < -0.39 is 0 Å². The molecule has 0 aliphatic carbocycles. The molecular formula is C12H15ClN2O.